The molecule has 0 atom stereocenters. The van der Waals surface area contributed by atoms with Crippen LogP contribution in [0.5, 0.6) is 0 Å². The molecule has 2 nitrogen and oxygen atoms in total. The molecule has 3 rings (SSSR count). The highest BCUT2D eigenvalue weighted by molar-refractivity contribution is 7.21. The van der Waals surface area contributed by atoms with Gasteiger partial charge in [0.1, 0.15) is 4.88 Å². The van der Waals surface area contributed by atoms with Crippen LogP contribution in [0, 0.1) is 13.8 Å². The molecule has 0 aliphatic carbocycles. The molecule has 0 radical (unpaired) electrons. The molecule has 2 aromatic carbocycles. The van der Waals surface area contributed by atoms with Crippen molar-refractivity contribution in [2.75, 3.05) is 5.32 Å². The lowest BCUT2D eigenvalue weighted by Gasteiger charge is -2.07. The van der Waals surface area contributed by atoms with Crippen LogP contribution in [0.25, 0.3) is 10.1 Å². The fourth-order valence-electron chi connectivity index (χ4n) is 2.22. The van der Waals surface area contributed by atoms with Gasteiger partial charge in [-0.2, -0.15) is 0 Å². The van der Waals surface area contributed by atoms with E-state index in [-0.39, 0.29) is 5.91 Å². The highest BCUT2D eigenvalue weighted by Gasteiger charge is 2.19. The van der Waals surface area contributed by atoms with Crippen LogP contribution in [0.1, 0.15) is 20.8 Å². The number of nitrogens with one attached hydrogen (secondary N) is 1. The van der Waals surface area contributed by atoms with Gasteiger partial charge in [0, 0.05) is 15.8 Å². The van der Waals surface area contributed by atoms with Gasteiger partial charge in [0.2, 0.25) is 0 Å². The highest BCUT2D eigenvalue weighted by atomic mass is 35.5. The van der Waals surface area contributed by atoms with Crippen LogP contribution in [0.15, 0.2) is 36.4 Å². The quantitative estimate of drug-likeness (QED) is 0.596. The normalized spacial score (nSPS) is 10.9. The molecule has 5 heteroatoms. The minimum Gasteiger partial charge on any atom is -0.321 e. The lowest BCUT2D eigenvalue weighted by Crippen LogP contribution is -2.10. The van der Waals surface area contributed by atoms with E-state index < -0.39 is 0 Å². The number of amides is 1. The van der Waals surface area contributed by atoms with Crippen molar-refractivity contribution < 1.29 is 4.79 Å². The Bertz CT molecular complexity index is 886. The van der Waals surface area contributed by atoms with Gasteiger partial charge in [-0.3, -0.25) is 4.79 Å². The average Bonchev–Trinajstić information content (AvgIpc) is 2.81. The van der Waals surface area contributed by atoms with Crippen molar-refractivity contribution >= 4 is 56.2 Å². The van der Waals surface area contributed by atoms with Crippen molar-refractivity contribution in [3.05, 3.63) is 62.4 Å². The summed E-state index contributed by atoms with van der Waals surface area (Å²) in [5.74, 6) is -0.217. The molecule has 0 saturated carbocycles. The van der Waals surface area contributed by atoms with Crippen LogP contribution in [0.4, 0.5) is 5.69 Å². The van der Waals surface area contributed by atoms with Gasteiger partial charge in [0.15, 0.2) is 0 Å². The van der Waals surface area contributed by atoms with Gasteiger partial charge in [-0.15, -0.1) is 11.3 Å². The van der Waals surface area contributed by atoms with Crippen molar-refractivity contribution in [2.45, 2.75) is 13.8 Å². The second-order valence-corrected chi connectivity index (χ2v) is 6.95. The summed E-state index contributed by atoms with van der Waals surface area (Å²) in [6.07, 6.45) is 0. The van der Waals surface area contributed by atoms with Gasteiger partial charge in [0.25, 0.3) is 5.91 Å². The third kappa shape index (κ3) is 2.72. The number of benzene rings is 2. The Morgan fingerprint density at radius 2 is 1.86 bits per heavy atom. The van der Waals surface area contributed by atoms with Crippen molar-refractivity contribution in [1.29, 1.82) is 0 Å². The molecule has 0 spiro atoms. The summed E-state index contributed by atoms with van der Waals surface area (Å²) in [5.41, 5.74) is 3.07. The summed E-state index contributed by atoms with van der Waals surface area (Å²) in [5, 5.41) is 4.60. The molecule has 1 heterocycles. The smallest absolute Gasteiger partial charge is 0.267 e. The van der Waals surface area contributed by atoms with Crippen LogP contribution in [-0.2, 0) is 0 Å². The second-order valence-electron chi connectivity index (χ2n) is 5.11. The molecular weight excluding hydrogens is 337 g/mol. The minimum atomic E-state index is -0.217. The van der Waals surface area contributed by atoms with Crippen molar-refractivity contribution in [2.24, 2.45) is 0 Å². The van der Waals surface area contributed by atoms with Crippen LogP contribution in [0.2, 0.25) is 10.0 Å². The predicted octanol–water partition coefficient (Wildman–Crippen LogP) is 6.08. The molecule has 0 unspecified atom stereocenters. The van der Waals surface area contributed by atoms with Gasteiger partial charge in [-0.1, -0.05) is 35.3 Å². The predicted molar refractivity (Wildman–Crippen MR) is 95.7 cm³/mol. The lowest BCUT2D eigenvalue weighted by atomic mass is 10.1. The van der Waals surface area contributed by atoms with E-state index in [1.807, 2.05) is 44.2 Å². The Morgan fingerprint density at radius 3 is 2.55 bits per heavy atom. The molecule has 0 fully saturated rings. The first-order chi connectivity index (χ1) is 10.5. The van der Waals surface area contributed by atoms with Crippen molar-refractivity contribution in [3.8, 4) is 0 Å². The van der Waals surface area contributed by atoms with Gasteiger partial charge in [0.05, 0.1) is 10.0 Å². The third-order valence-corrected chi connectivity index (χ3v) is 5.54. The number of anilines is 1. The number of carbonyl (C=O) groups excluding carboxylic acids is 1. The van der Waals surface area contributed by atoms with Crippen LogP contribution < -0.4 is 5.32 Å². The van der Waals surface area contributed by atoms with Crippen LogP contribution in [-0.4, -0.2) is 5.91 Å². The zero-order valence-corrected chi connectivity index (χ0v) is 14.4. The lowest BCUT2D eigenvalue weighted by molar-refractivity contribution is 0.103. The van der Waals surface area contributed by atoms with E-state index in [9.17, 15) is 4.79 Å². The number of rotatable bonds is 2. The summed E-state index contributed by atoms with van der Waals surface area (Å²) in [7, 11) is 0. The van der Waals surface area contributed by atoms with E-state index in [2.05, 4.69) is 5.32 Å². The molecule has 0 saturated heterocycles. The molecule has 0 aliphatic heterocycles. The fourth-order valence-corrected chi connectivity index (χ4v) is 4.07. The maximum absolute atomic E-state index is 12.5. The Kier molecular flexibility index (Phi) is 4.13. The van der Waals surface area contributed by atoms with Gasteiger partial charge in [-0.25, -0.2) is 0 Å². The summed E-state index contributed by atoms with van der Waals surface area (Å²) in [4.78, 5) is 13.0. The first-order valence-corrected chi connectivity index (χ1v) is 8.29. The molecule has 1 amide bonds. The summed E-state index contributed by atoms with van der Waals surface area (Å²) >= 11 is 13.9. The molecule has 1 aromatic heterocycles. The van der Waals surface area contributed by atoms with Gasteiger partial charge >= 0.3 is 0 Å². The monoisotopic (exact) mass is 349 g/mol. The Labute approximate surface area is 142 Å². The number of hydrogen-bond acceptors (Lipinski definition) is 2. The van der Waals surface area contributed by atoms with Crippen LogP contribution >= 0.6 is 34.5 Å². The number of fused-ring (bicyclic) bond motifs is 1. The Hall–Kier alpha value is -1.55. The molecule has 1 N–H and O–H groups in total. The number of thiophene rings is 1. The molecule has 112 valence electrons. The summed E-state index contributed by atoms with van der Waals surface area (Å²) in [6, 6.07) is 11.3. The van der Waals surface area contributed by atoms with E-state index in [1.165, 1.54) is 16.9 Å². The minimum absolute atomic E-state index is 0.217. The maximum atomic E-state index is 12.5. The zero-order valence-electron chi connectivity index (χ0n) is 12.0. The highest BCUT2D eigenvalue weighted by Crippen LogP contribution is 2.39. The van der Waals surface area contributed by atoms with Crippen molar-refractivity contribution in [1.82, 2.24) is 0 Å². The second kappa shape index (κ2) is 5.92. The first-order valence-electron chi connectivity index (χ1n) is 6.72. The first kappa shape index (κ1) is 15.3. The molecule has 22 heavy (non-hydrogen) atoms. The van der Waals surface area contributed by atoms with E-state index in [0.717, 1.165) is 21.3 Å². The Balaban J connectivity index is 1.97. The van der Waals surface area contributed by atoms with Gasteiger partial charge in [-0.05, 0) is 49.2 Å². The van der Waals surface area contributed by atoms with E-state index >= 15 is 0 Å². The third-order valence-electron chi connectivity index (χ3n) is 3.58. The summed E-state index contributed by atoms with van der Waals surface area (Å²) in [6.45, 7) is 4.04. The standard InChI is InChI=1S/C17H13Cl2NOS/c1-9-6-7-11(8-10(9)2)20-17(21)16-15(19)14-12(18)4-3-5-13(14)22-16/h3-8H,1-2H3,(H,20,21). The summed E-state index contributed by atoms with van der Waals surface area (Å²) < 4.78 is 0.905. The van der Waals surface area contributed by atoms with Crippen LogP contribution in [0.3, 0.4) is 0 Å². The van der Waals surface area contributed by atoms with E-state index in [1.54, 1.807) is 6.07 Å². The molecule has 3 aromatic rings. The van der Waals surface area contributed by atoms with E-state index in [4.69, 9.17) is 23.2 Å². The zero-order chi connectivity index (χ0) is 15.9. The SMILES string of the molecule is Cc1ccc(NC(=O)c2sc3cccc(Cl)c3c2Cl)cc1C. The molecular formula is C17H13Cl2NOS. The number of carbonyl (C=O) groups is 1. The number of aryl methyl sites for hydroxylation is 2. The molecule has 0 bridgehead atoms. The number of halogens is 2. The van der Waals surface area contributed by atoms with Crippen molar-refractivity contribution in [3.63, 3.8) is 0 Å². The average molecular weight is 350 g/mol. The topological polar surface area (TPSA) is 29.1 Å². The number of hydrogen-bond donors (Lipinski definition) is 1. The Morgan fingerprint density at radius 1 is 1.09 bits per heavy atom. The fraction of sp³-hybridized carbons (Fsp3) is 0.118. The van der Waals surface area contributed by atoms with Gasteiger partial charge < -0.3 is 5.32 Å². The maximum Gasteiger partial charge on any atom is 0.267 e. The molecule has 0 aliphatic rings. The van der Waals surface area contributed by atoms with E-state index in [0.29, 0.717) is 14.9 Å². The largest absolute Gasteiger partial charge is 0.321 e.